The van der Waals surface area contributed by atoms with E-state index >= 15 is 0 Å². The second kappa shape index (κ2) is 12.4. The topological polar surface area (TPSA) is 72.9 Å². The first-order valence-corrected chi connectivity index (χ1v) is 13.5. The molecule has 0 bridgehead atoms. The molecule has 6 nitrogen and oxygen atoms in total. The summed E-state index contributed by atoms with van der Waals surface area (Å²) < 4.78 is 11.1. The molecule has 40 heavy (non-hydrogen) atoms. The molecule has 0 N–H and O–H groups in total. The zero-order valence-electron chi connectivity index (χ0n) is 21.4. The molecule has 0 unspecified atom stereocenters. The lowest BCUT2D eigenvalue weighted by molar-refractivity contribution is -0.147. The summed E-state index contributed by atoms with van der Waals surface area (Å²) in [5.41, 5.74) is 3.94. The van der Waals surface area contributed by atoms with Crippen LogP contribution in [0.2, 0.25) is 10.0 Å². The summed E-state index contributed by atoms with van der Waals surface area (Å²) >= 11 is 12.1. The summed E-state index contributed by atoms with van der Waals surface area (Å²) in [6.07, 6.45) is 0.0200. The van der Waals surface area contributed by atoms with Crippen LogP contribution in [-0.4, -0.2) is 30.8 Å². The van der Waals surface area contributed by atoms with Crippen LogP contribution in [0.15, 0.2) is 97.1 Å². The van der Waals surface area contributed by atoms with E-state index in [4.69, 9.17) is 32.7 Å². The largest absolute Gasteiger partial charge is 0.489 e. The molecular weight excluding hydrogens is 549 g/mol. The lowest BCUT2D eigenvalue weighted by Gasteiger charge is -2.17. The van der Waals surface area contributed by atoms with Crippen LogP contribution in [0.5, 0.6) is 5.75 Å². The van der Waals surface area contributed by atoms with Crippen LogP contribution in [0.1, 0.15) is 22.3 Å². The number of carbonyl (C=O) groups is 3. The molecule has 1 amide bonds. The van der Waals surface area contributed by atoms with Crippen LogP contribution in [0.3, 0.4) is 0 Å². The van der Waals surface area contributed by atoms with Crippen LogP contribution in [0, 0.1) is 5.92 Å². The van der Waals surface area contributed by atoms with Crippen molar-refractivity contribution in [1.29, 1.82) is 0 Å². The summed E-state index contributed by atoms with van der Waals surface area (Å²) in [6, 6.07) is 29.2. The number of anilines is 1. The van der Waals surface area contributed by atoms with Gasteiger partial charge in [0.05, 0.1) is 5.92 Å². The van der Waals surface area contributed by atoms with Crippen LogP contribution >= 0.6 is 23.2 Å². The summed E-state index contributed by atoms with van der Waals surface area (Å²) in [7, 11) is 0. The maximum Gasteiger partial charge on any atom is 0.311 e. The summed E-state index contributed by atoms with van der Waals surface area (Å²) in [4.78, 5) is 39.5. The Hall–Kier alpha value is -4.13. The van der Waals surface area contributed by atoms with Gasteiger partial charge in [0.15, 0.2) is 12.4 Å². The Bertz CT molecular complexity index is 1520. The zero-order valence-corrected chi connectivity index (χ0v) is 22.9. The number of nitrogens with zero attached hydrogens (tertiary/aromatic N) is 1. The minimum absolute atomic E-state index is 0.0200. The number of ether oxygens (including phenoxy) is 2. The highest BCUT2D eigenvalue weighted by atomic mass is 35.5. The van der Waals surface area contributed by atoms with Crippen molar-refractivity contribution in [3.63, 3.8) is 0 Å². The molecule has 0 spiro atoms. The molecule has 1 atom stereocenters. The molecule has 0 aromatic heterocycles. The first-order chi connectivity index (χ1) is 19.4. The fraction of sp³-hybridized carbons (Fsp3) is 0.156. The van der Waals surface area contributed by atoms with E-state index in [1.807, 2.05) is 42.5 Å². The monoisotopic (exact) mass is 573 g/mol. The predicted molar refractivity (Wildman–Crippen MR) is 155 cm³/mol. The van der Waals surface area contributed by atoms with Crippen molar-refractivity contribution in [2.24, 2.45) is 5.92 Å². The van der Waals surface area contributed by atoms with Crippen molar-refractivity contribution in [1.82, 2.24) is 0 Å². The molecule has 0 aliphatic carbocycles. The van der Waals surface area contributed by atoms with E-state index in [1.165, 1.54) is 4.90 Å². The highest BCUT2D eigenvalue weighted by molar-refractivity contribution is 6.35. The van der Waals surface area contributed by atoms with E-state index in [-0.39, 0.29) is 37.9 Å². The number of hydrogen-bond donors (Lipinski definition) is 0. The Morgan fingerprint density at radius 2 is 1.55 bits per heavy atom. The van der Waals surface area contributed by atoms with E-state index in [0.29, 0.717) is 27.0 Å². The van der Waals surface area contributed by atoms with Gasteiger partial charge in [0, 0.05) is 39.8 Å². The second-order valence-corrected chi connectivity index (χ2v) is 10.2. The van der Waals surface area contributed by atoms with Gasteiger partial charge < -0.3 is 14.4 Å². The van der Waals surface area contributed by atoms with Gasteiger partial charge in [-0.15, -0.1) is 0 Å². The molecule has 1 aliphatic rings. The smallest absolute Gasteiger partial charge is 0.311 e. The maximum absolute atomic E-state index is 12.7. The van der Waals surface area contributed by atoms with Crippen molar-refractivity contribution < 1.29 is 23.9 Å². The van der Waals surface area contributed by atoms with Gasteiger partial charge in [-0.25, -0.2) is 0 Å². The molecule has 0 radical (unpaired) electrons. The number of rotatable bonds is 9. The van der Waals surface area contributed by atoms with Crippen molar-refractivity contribution in [2.45, 2.75) is 13.0 Å². The molecule has 202 valence electrons. The Morgan fingerprint density at radius 3 is 2.25 bits per heavy atom. The highest BCUT2D eigenvalue weighted by Crippen LogP contribution is 2.29. The second-order valence-electron chi connectivity index (χ2n) is 9.40. The highest BCUT2D eigenvalue weighted by Gasteiger charge is 2.36. The van der Waals surface area contributed by atoms with Crippen LogP contribution in [0.4, 0.5) is 5.69 Å². The molecule has 4 aromatic rings. The number of ketones is 1. The van der Waals surface area contributed by atoms with Crippen LogP contribution in [0.25, 0.3) is 11.1 Å². The first kappa shape index (κ1) is 27.4. The van der Waals surface area contributed by atoms with Gasteiger partial charge in [-0.2, -0.15) is 0 Å². The van der Waals surface area contributed by atoms with Crippen molar-refractivity contribution in [3.05, 3.63) is 118 Å². The minimum Gasteiger partial charge on any atom is -0.489 e. The number of Topliss-reactive ketones (excluding diaryl/α,β-unsaturated/α-hetero) is 1. The summed E-state index contributed by atoms with van der Waals surface area (Å²) in [6.45, 7) is 0.0674. The fourth-order valence-electron chi connectivity index (χ4n) is 4.45. The van der Waals surface area contributed by atoms with E-state index in [1.54, 1.807) is 54.6 Å². The molecular formula is C32H25Cl2NO5. The Labute approximate surface area is 242 Å². The number of halogens is 2. The average molecular weight is 574 g/mol. The van der Waals surface area contributed by atoms with E-state index in [0.717, 1.165) is 16.7 Å². The van der Waals surface area contributed by atoms with Gasteiger partial charge in [-0.05, 0) is 47.5 Å². The van der Waals surface area contributed by atoms with Gasteiger partial charge in [0.25, 0.3) is 0 Å². The molecule has 1 fully saturated rings. The summed E-state index contributed by atoms with van der Waals surface area (Å²) in [5, 5.41) is 1.07. The third kappa shape index (κ3) is 6.53. The molecule has 8 heteroatoms. The van der Waals surface area contributed by atoms with Gasteiger partial charge in [0.2, 0.25) is 5.91 Å². The van der Waals surface area contributed by atoms with E-state index < -0.39 is 11.9 Å². The van der Waals surface area contributed by atoms with Crippen molar-refractivity contribution in [2.75, 3.05) is 18.1 Å². The van der Waals surface area contributed by atoms with Crippen molar-refractivity contribution in [3.8, 4) is 16.9 Å². The van der Waals surface area contributed by atoms with Crippen LogP contribution in [-0.2, 0) is 20.9 Å². The van der Waals surface area contributed by atoms with Crippen LogP contribution < -0.4 is 9.64 Å². The fourth-order valence-corrected chi connectivity index (χ4v) is 4.92. The third-order valence-electron chi connectivity index (χ3n) is 6.68. The lowest BCUT2D eigenvalue weighted by atomic mass is 10.0. The number of hydrogen-bond acceptors (Lipinski definition) is 5. The van der Waals surface area contributed by atoms with E-state index in [9.17, 15) is 14.4 Å². The lowest BCUT2D eigenvalue weighted by Crippen LogP contribution is -2.27. The quantitative estimate of drug-likeness (QED) is 0.159. The molecule has 1 heterocycles. The van der Waals surface area contributed by atoms with Gasteiger partial charge in [-0.1, -0.05) is 83.9 Å². The Kier molecular flexibility index (Phi) is 8.48. The molecule has 5 rings (SSSR count). The maximum atomic E-state index is 12.7. The number of esters is 1. The number of amides is 1. The first-order valence-electron chi connectivity index (χ1n) is 12.7. The average Bonchev–Trinajstić information content (AvgIpc) is 3.37. The summed E-state index contributed by atoms with van der Waals surface area (Å²) in [5.74, 6) is -1.10. The van der Waals surface area contributed by atoms with Crippen molar-refractivity contribution >= 4 is 46.5 Å². The van der Waals surface area contributed by atoms with Gasteiger partial charge in [-0.3, -0.25) is 14.4 Å². The minimum atomic E-state index is -0.649. The van der Waals surface area contributed by atoms with Gasteiger partial charge >= 0.3 is 5.97 Å². The zero-order chi connectivity index (χ0) is 28.1. The van der Waals surface area contributed by atoms with Gasteiger partial charge in [0.1, 0.15) is 12.4 Å². The third-order valence-corrected chi connectivity index (χ3v) is 7.26. The SMILES string of the molecule is O=C(COC(=O)[C@H]1CC(=O)N(c2ccc(OCc3ccc(Cl)cc3Cl)cc2)C1)c1ccc(-c2ccccc2)cc1. The molecule has 4 aromatic carbocycles. The Morgan fingerprint density at radius 1 is 0.850 bits per heavy atom. The Balaban J connectivity index is 1.12. The number of benzene rings is 4. The molecule has 1 saturated heterocycles. The number of carbonyl (C=O) groups excluding carboxylic acids is 3. The molecule has 1 aliphatic heterocycles. The molecule has 0 saturated carbocycles. The standard InChI is InChI=1S/C32H25Cl2NO5/c33-26-11-10-24(29(34)17-26)19-39-28-14-12-27(13-15-28)35-18-25(16-31(35)37)32(38)40-20-30(36)23-8-6-22(7-9-23)21-4-2-1-3-5-21/h1-15,17,25H,16,18-20H2/t25-/m0/s1. The van der Waals surface area contributed by atoms with E-state index in [2.05, 4.69) is 0 Å². The normalized spacial score (nSPS) is 14.7. The predicted octanol–water partition coefficient (Wildman–Crippen LogP) is 7.02.